The van der Waals surface area contributed by atoms with Crippen LogP contribution in [0.1, 0.15) is 51.1 Å². The van der Waals surface area contributed by atoms with Gasteiger partial charge in [-0.15, -0.1) is 0 Å². The first-order valence-corrected chi connectivity index (χ1v) is 7.77. The molecule has 0 aromatic carbocycles. The molecule has 0 radical (unpaired) electrons. The number of aromatic nitrogens is 2. The normalized spacial score (nSPS) is 19.3. The topological polar surface area (TPSA) is 33.1 Å². The maximum Gasteiger partial charge on any atom is 0.0537 e. The Morgan fingerprint density at radius 3 is 2.63 bits per heavy atom. The number of rotatable bonds is 6. The van der Waals surface area contributed by atoms with E-state index >= 15 is 0 Å². The van der Waals surface area contributed by atoms with E-state index in [2.05, 4.69) is 35.4 Å². The molecule has 0 aliphatic carbocycles. The minimum absolute atomic E-state index is 0.396. The molecule has 1 fully saturated rings. The molecule has 19 heavy (non-hydrogen) atoms. The monoisotopic (exact) mass is 264 g/mol. The van der Waals surface area contributed by atoms with Crippen molar-refractivity contribution in [1.82, 2.24) is 20.0 Å². The smallest absolute Gasteiger partial charge is 0.0537 e. The van der Waals surface area contributed by atoms with Gasteiger partial charge in [-0.3, -0.25) is 4.68 Å². The number of nitrogens with one attached hydrogen (secondary N) is 1. The fourth-order valence-electron chi connectivity index (χ4n) is 2.69. The first-order chi connectivity index (χ1) is 9.29. The highest BCUT2D eigenvalue weighted by molar-refractivity contribution is 5.09. The van der Waals surface area contributed by atoms with Crippen LogP contribution in [0.5, 0.6) is 0 Å². The Hall–Kier alpha value is -0.870. The fourth-order valence-corrected chi connectivity index (χ4v) is 2.69. The molecule has 1 N–H and O–H groups in total. The van der Waals surface area contributed by atoms with Crippen molar-refractivity contribution in [2.75, 3.05) is 26.2 Å². The van der Waals surface area contributed by atoms with Crippen LogP contribution < -0.4 is 5.32 Å². The summed E-state index contributed by atoms with van der Waals surface area (Å²) < 4.78 is 1.99. The lowest BCUT2D eigenvalue weighted by Crippen LogP contribution is -2.33. The zero-order valence-electron chi connectivity index (χ0n) is 12.4. The molecule has 0 spiro atoms. The largest absolute Gasteiger partial charge is 0.309 e. The molecular formula is C15H28N4. The maximum atomic E-state index is 4.33. The summed E-state index contributed by atoms with van der Waals surface area (Å²) in [6.07, 6.45) is 9.70. The number of hydrogen-bond acceptors (Lipinski definition) is 3. The Morgan fingerprint density at radius 1 is 1.26 bits per heavy atom. The van der Waals surface area contributed by atoms with Gasteiger partial charge in [-0.25, -0.2) is 0 Å². The molecule has 1 aromatic heterocycles. The molecule has 1 unspecified atom stereocenters. The average molecular weight is 264 g/mol. The Bertz CT molecular complexity index is 353. The highest BCUT2D eigenvalue weighted by Crippen LogP contribution is 2.11. The van der Waals surface area contributed by atoms with Crippen LogP contribution in [0.3, 0.4) is 0 Å². The highest BCUT2D eigenvalue weighted by atomic mass is 15.3. The minimum Gasteiger partial charge on any atom is -0.309 e. The molecule has 2 heterocycles. The van der Waals surface area contributed by atoms with E-state index in [0.717, 1.165) is 13.1 Å². The van der Waals surface area contributed by atoms with Crippen molar-refractivity contribution in [1.29, 1.82) is 0 Å². The van der Waals surface area contributed by atoms with Gasteiger partial charge in [0.25, 0.3) is 0 Å². The average Bonchev–Trinajstić information content (AvgIpc) is 2.76. The fraction of sp³-hybridized carbons (Fsp3) is 0.800. The third-order valence-corrected chi connectivity index (χ3v) is 4.05. The van der Waals surface area contributed by atoms with E-state index < -0.39 is 0 Å². The van der Waals surface area contributed by atoms with Crippen LogP contribution in [-0.4, -0.2) is 40.9 Å². The maximum absolute atomic E-state index is 4.33. The SMILES string of the molecule is CCn1cc(C(C)NCCN2CCCCCC2)cn1. The molecule has 1 saturated heterocycles. The van der Waals surface area contributed by atoms with Gasteiger partial charge in [0.1, 0.15) is 0 Å². The predicted octanol–water partition coefficient (Wildman–Crippen LogP) is 2.43. The van der Waals surface area contributed by atoms with Crippen LogP contribution in [0.2, 0.25) is 0 Å². The lowest BCUT2D eigenvalue weighted by molar-refractivity contribution is 0.280. The van der Waals surface area contributed by atoms with Gasteiger partial charge in [0.15, 0.2) is 0 Å². The van der Waals surface area contributed by atoms with Crippen LogP contribution >= 0.6 is 0 Å². The number of nitrogens with zero attached hydrogens (tertiary/aromatic N) is 3. The summed E-state index contributed by atoms with van der Waals surface area (Å²) in [6, 6.07) is 0.396. The van der Waals surface area contributed by atoms with E-state index in [1.165, 1.54) is 50.9 Å². The predicted molar refractivity (Wildman–Crippen MR) is 79.2 cm³/mol. The van der Waals surface area contributed by atoms with Gasteiger partial charge in [-0.1, -0.05) is 12.8 Å². The highest BCUT2D eigenvalue weighted by Gasteiger charge is 2.10. The van der Waals surface area contributed by atoms with Crippen LogP contribution in [-0.2, 0) is 6.54 Å². The zero-order valence-corrected chi connectivity index (χ0v) is 12.4. The second-order valence-corrected chi connectivity index (χ2v) is 5.56. The molecular weight excluding hydrogens is 236 g/mol. The summed E-state index contributed by atoms with van der Waals surface area (Å²) in [6.45, 7) is 10.1. The van der Waals surface area contributed by atoms with Gasteiger partial charge >= 0.3 is 0 Å². The van der Waals surface area contributed by atoms with E-state index in [9.17, 15) is 0 Å². The van der Waals surface area contributed by atoms with E-state index in [1.54, 1.807) is 0 Å². The first-order valence-electron chi connectivity index (χ1n) is 7.77. The van der Waals surface area contributed by atoms with Crippen molar-refractivity contribution < 1.29 is 0 Å². The second kappa shape index (κ2) is 7.65. The zero-order chi connectivity index (χ0) is 13.5. The van der Waals surface area contributed by atoms with Crippen molar-refractivity contribution in [2.45, 2.75) is 52.1 Å². The molecule has 0 bridgehead atoms. The molecule has 1 atom stereocenters. The number of likely N-dealkylation sites (tertiary alicyclic amines) is 1. The summed E-state index contributed by atoms with van der Waals surface area (Å²) in [5.74, 6) is 0. The van der Waals surface area contributed by atoms with Gasteiger partial charge in [0.2, 0.25) is 0 Å². The standard InChI is InChI=1S/C15H28N4/c1-3-19-13-15(12-17-19)14(2)16-8-11-18-9-6-4-5-7-10-18/h12-14,16H,3-11H2,1-2H3. The summed E-state index contributed by atoms with van der Waals surface area (Å²) in [7, 11) is 0. The van der Waals surface area contributed by atoms with Crippen LogP contribution in [0.25, 0.3) is 0 Å². The molecule has 1 aromatic rings. The van der Waals surface area contributed by atoms with Crippen molar-refractivity contribution in [3.05, 3.63) is 18.0 Å². The van der Waals surface area contributed by atoms with E-state index in [4.69, 9.17) is 0 Å². The van der Waals surface area contributed by atoms with Gasteiger partial charge < -0.3 is 10.2 Å². The van der Waals surface area contributed by atoms with Crippen molar-refractivity contribution in [3.8, 4) is 0 Å². The summed E-state index contributed by atoms with van der Waals surface area (Å²) in [5.41, 5.74) is 1.29. The Kier molecular flexibility index (Phi) is 5.86. The molecule has 4 heteroatoms. The second-order valence-electron chi connectivity index (χ2n) is 5.56. The molecule has 0 saturated carbocycles. The summed E-state index contributed by atoms with van der Waals surface area (Å²) >= 11 is 0. The van der Waals surface area contributed by atoms with Crippen molar-refractivity contribution >= 4 is 0 Å². The third-order valence-electron chi connectivity index (χ3n) is 4.05. The molecule has 0 amide bonds. The van der Waals surface area contributed by atoms with Crippen LogP contribution in [0, 0.1) is 0 Å². The molecule has 2 rings (SSSR count). The van der Waals surface area contributed by atoms with Gasteiger partial charge in [-0.05, 0) is 39.8 Å². The third kappa shape index (κ3) is 4.62. The summed E-state index contributed by atoms with van der Waals surface area (Å²) in [5, 5.41) is 7.94. The van der Waals surface area contributed by atoms with Crippen LogP contribution in [0.4, 0.5) is 0 Å². The molecule has 108 valence electrons. The van der Waals surface area contributed by atoms with Crippen LogP contribution in [0.15, 0.2) is 12.4 Å². The summed E-state index contributed by atoms with van der Waals surface area (Å²) in [4.78, 5) is 2.60. The molecule has 4 nitrogen and oxygen atoms in total. The van der Waals surface area contributed by atoms with E-state index in [1.807, 2.05) is 10.9 Å². The Balaban J connectivity index is 1.69. The molecule has 1 aliphatic heterocycles. The first kappa shape index (κ1) is 14.5. The van der Waals surface area contributed by atoms with Gasteiger partial charge in [-0.2, -0.15) is 5.10 Å². The quantitative estimate of drug-likeness (QED) is 0.856. The minimum atomic E-state index is 0.396. The number of aryl methyl sites for hydroxylation is 1. The molecule has 1 aliphatic rings. The Morgan fingerprint density at radius 2 is 2.00 bits per heavy atom. The van der Waals surface area contributed by atoms with Gasteiger partial charge in [0.05, 0.1) is 6.20 Å². The number of hydrogen-bond donors (Lipinski definition) is 1. The van der Waals surface area contributed by atoms with Gasteiger partial charge in [0, 0.05) is 37.4 Å². The van der Waals surface area contributed by atoms with E-state index in [-0.39, 0.29) is 0 Å². The van der Waals surface area contributed by atoms with Crippen molar-refractivity contribution in [2.24, 2.45) is 0 Å². The lowest BCUT2D eigenvalue weighted by atomic mass is 10.2. The van der Waals surface area contributed by atoms with Crippen molar-refractivity contribution in [3.63, 3.8) is 0 Å². The lowest BCUT2D eigenvalue weighted by Gasteiger charge is -2.21. The van der Waals surface area contributed by atoms with E-state index in [0.29, 0.717) is 6.04 Å². The Labute approximate surface area is 117 Å².